The molecule has 1 aromatic carbocycles. The molecule has 2 aliphatic rings. The first-order valence-corrected chi connectivity index (χ1v) is 9.52. The lowest BCUT2D eigenvalue weighted by molar-refractivity contribution is 0.0645. The molecule has 5 rings (SSSR count). The molecule has 5 heteroatoms. The van der Waals surface area contributed by atoms with Gasteiger partial charge >= 0.3 is 0 Å². The molecule has 0 aliphatic heterocycles. The van der Waals surface area contributed by atoms with Crippen molar-refractivity contribution < 1.29 is 4.79 Å². The topological polar surface area (TPSA) is 53.9 Å². The van der Waals surface area contributed by atoms with E-state index in [9.17, 15) is 4.79 Å². The maximum Gasteiger partial charge on any atom is 0.255 e. The number of carbonyl (C=O) groups is 1. The van der Waals surface area contributed by atoms with Crippen LogP contribution in [0.15, 0.2) is 30.5 Å². The molecule has 1 atom stereocenters. The summed E-state index contributed by atoms with van der Waals surface area (Å²) in [5.74, 6) is 0.195. The molecule has 0 radical (unpaired) electrons. The van der Waals surface area contributed by atoms with E-state index in [-0.39, 0.29) is 11.9 Å². The summed E-state index contributed by atoms with van der Waals surface area (Å²) >= 11 is 0. The van der Waals surface area contributed by atoms with Gasteiger partial charge in [-0.25, -0.2) is 0 Å². The number of carbonyl (C=O) groups excluding carboxylic acids is 1. The zero-order valence-corrected chi connectivity index (χ0v) is 15.3. The lowest BCUT2D eigenvalue weighted by Crippen LogP contribution is -2.44. The van der Waals surface area contributed by atoms with E-state index in [0.29, 0.717) is 6.04 Å². The van der Waals surface area contributed by atoms with Gasteiger partial charge < -0.3 is 9.47 Å². The van der Waals surface area contributed by atoms with Crippen LogP contribution in [-0.4, -0.2) is 37.7 Å². The van der Waals surface area contributed by atoms with Gasteiger partial charge in [-0.2, -0.15) is 5.10 Å². The first-order valence-electron chi connectivity index (χ1n) is 9.52. The number of nitrogens with one attached hydrogen (secondary N) is 1. The highest BCUT2D eigenvalue weighted by Gasteiger charge is 2.39. The van der Waals surface area contributed by atoms with Gasteiger partial charge in [-0.1, -0.05) is 6.07 Å². The Hall–Kier alpha value is -2.56. The highest BCUT2D eigenvalue weighted by Crippen LogP contribution is 2.35. The molecule has 0 saturated heterocycles. The summed E-state index contributed by atoms with van der Waals surface area (Å²) in [6, 6.07) is 8.92. The molecule has 1 unspecified atom stereocenters. The third kappa shape index (κ3) is 2.37. The first-order chi connectivity index (χ1) is 12.6. The lowest BCUT2D eigenvalue weighted by atomic mass is 9.91. The van der Waals surface area contributed by atoms with Gasteiger partial charge in [0.1, 0.15) is 0 Å². The molecular weight excluding hydrogens is 324 g/mol. The number of aromatic nitrogens is 3. The number of fused-ring (bicyclic) bond motifs is 2. The summed E-state index contributed by atoms with van der Waals surface area (Å²) in [5.41, 5.74) is 5.67. The standard InChI is InChI=1S/C21H24N4O/c1-13-10-18-17(4-3-5-20(18)24(13)2)21(26)25(15-6-7-15)16-8-9-19-14(11-16)12-22-23-19/h3-5,10,12,15-16H,6-9,11H2,1-2H3,(H,22,23). The molecule has 26 heavy (non-hydrogen) atoms. The van der Waals surface area contributed by atoms with Crippen LogP contribution >= 0.6 is 0 Å². The van der Waals surface area contributed by atoms with Crippen LogP contribution in [0.4, 0.5) is 0 Å². The highest BCUT2D eigenvalue weighted by molar-refractivity contribution is 6.07. The van der Waals surface area contributed by atoms with Crippen molar-refractivity contribution in [1.29, 1.82) is 0 Å². The van der Waals surface area contributed by atoms with Crippen LogP contribution in [0.3, 0.4) is 0 Å². The van der Waals surface area contributed by atoms with Crippen molar-refractivity contribution in [2.45, 2.75) is 51.1 Å². The second-order valence-electron chi connectivity index (χ2n) is 7.80. The molecule has 1 N–H and O–H groups in total. The minimum absolute atomic E-state index is 0.195. The maximum absolute atomic E-state index is 13.6. The van der Waals surface area contributed by atoms with Crippen molar-refractivity contribution in [2.75, 3.05) is 0 Å². The molecule has 2 aromatic heterocycles. The van der Waals surface area contributed by atoms with Crippen LogP contribution in [0.2, 0.25) is 0 Å². The number of H-pyrrole nitrogens is 1. The SMILES string of the molecule is Cc1cc2c(C(=O)N(C3CC3)C3CCc4[nH]ncc4C3)cccc2n1C. The van der Waals surface area contributed by atoms with E-state index in [2.05, 4.69) is 45.8 Å². The van der Waals surface area contributed by atoms with Crippen LogP contribution in [0.5, 0.6) is 0 Å². The summed E-state index contributed by atoms with van der Waals surface area (Å²) in [6.07, 6.45) is 7.09. The molecule has 1 saturated carbocycles. The fourth-order valence-electron chi connectivity index (χ4n) is 4.44. The van der Waals surface area contributed by atoms with E-state index in [4.69, 9.17) is 0 Å². The van der Waals surface area contributed by atoms with Crippen molar-refractivity contribution in [3.63, 3.8) is 0 Å². The Morgan fingerprint density at radius 3 is 2.92 bits per heavy atom. The Kier molecular flexibility index (Phi) is 3.45. The van der Waals surface area contributed by atoms with Crippen LogP contribution in [0, 0.1) is 6.92 Å². The number of aromatic amines is 1. The fraction of sp³-hybridized carbons (Fsp3) is 0.429. The average Bonchev–Trinajstić information content (AvgIpc) is 3.28. The quantitative estimate of drug-likeness (QED) is 0.789. The number of amides is 1. The number of aryl methyl sites for hydroxylation is 3. The second-order valence-corrected chi connectivity index (χ2v) is 7.80. The summed E-state index contributed by atoms with van der Waals surface area (Å²) in [4.78, 5) is 15.8. The van der Waals surface area contributed by atoms with Crippen molar-refractivity contribution in [3.8, 4) is 0 Å². The fourth-order valence-corrected chi connectivity index (χ4v) is 4.44. The molecule has 0 bridgehead atoms. The zero-order chi connectivity index (χ0) is 17.8. The predicted molar refractivity (Wildman–Crippen MR) is 101 cm³/mol. The molecule has 2 heterocycles. The Balaban J connectivity index is 1.53. The Bertz CT molecular complexity index is 995. The van der Waals surface area contributed by atoms with Crippen molar-refractivity contribution >= 4 is 16.8 Å². The van der Waals surface area contributed by atoms with Crippen LogP contribution < -0.4 is 0 Å². The molecular formula is C21H24N4O. The van der Waals surface area contributed by atoms with E-state index in [1.165, 1.54) is 17.0 Å². The van der Waals surface area contributed by atoms with Gasteiger partial charge in [0, 0.05) is 47.0 Å². The number of benzene rings is 1. The predicted octanol–water partition coefficient (Wildman–Crippen LogP) is 3.37. The van der Waals surface area contributed by atoms with E-state index in [1.807, 2.05) is 18.3 Å². The lowest BCUT2D eigenvalue weighted by Gasteiger charge is -2.34. The Morgan fingerprint density at radius 1 is 1.27 bits per heavy atom. The summed E-state index contributed by atoms with van der Waals surface area (Å²) < 4.78 is 2.16. The van der Waals surface area contributed by atoms with Crippen LogP contribution in [0.1, 0.15) is 46.6 Å². The van der Waals surface area contributed by atoms with Gasteiger partial charge in [0.15, 0.2) is 0 Å². The summed E-state index contributed by atoms with van der Waals surface area (Å²) in [5, 5.41) is 8.36. The number of rotatable bonds is 3. The molecule has 2 aliphatic carbocycles. The van der Waals surface area contributed by atoms with Gasteiger partial charge in [0.05, 0.1) is 6.20 Å². The van der Waals surface area contributed by atoms with Crippen molar-refractivity contribution in [1.82, 2.24) is 19.7 Å². The molecule has 1 fully saturated rings. The molecule has 1 amide bonds. The van der Waals surface area contributed by atoms with Gasteiger partial charge in [-0.3, -0.25) is 9.89 Å². The van der Waals surface area contributed by atoms with E-state index < -0.39 is 0 Å². The van der Waals surface area contributed by atoms with Gasteiger partial charge in [0.25, 0.3) is 5.91 Å². The Morgan fingerprint density at radius 2 is 2.12 bits per heavy atom. The highest BCUT2D eigenvalue weighted by atomic mass is 16.2. The largest absolute Gasteiger partial charge is 0.348 e. The third-order valence-electron chi connectivity index (χ3n) is 6.12. The molecule has 134 valence electrons. The second kappa shape index (κ2) is 5.73. The zero-order valence-electron chi connectivity index (χ0n) is 15.3. The number of hydrogen-bond donors (Lipinski definition) is 1. The first kappa shape index (κ1) is 15.7. The monoisotopic (exact) mass is 348 g/mol. The summed E-state index contributed by atoms with van der Waals surface area (Å²) in [7, 11) is 2.06. The average molecular weight is 348 g/mol. The Labute approximate surface area is 153 Å². The van der Waals surface area contributed by atoms with Gasteiger partial charge in [-0.05, 0) is 62.8 Å². The van der Waals surface area contributed by atoms with Crippen molar-refractivity contribution in [2.24, 2.45) is 7.05 Å². The van der Waals surface area contributed by atoms with Crippen molar-refractivity contribution in [3.05, 3.63) is 53.0 Å². The molecule has 3 aromatic rings. The molecule has 0 spiro atoms. The van der Waals surface area contributed by atoms with E-state index >= 15 is 0 Å². The maximum atomic E-state index is 13.6. The van der Waals surface area contributed by atoms with Crippen LogP contribution in [-0.2, 0) is 19.9 Å². The van der Waals surface area contributed by atoms with Crippen LogP contribution in [0.25, 0.3) is 10.9 Å². The van der Waals surface area contributed by atoms with E-state index in [0.717, 1.165) is 48.6 Å². The minimum Gasteiger partial charge on any atom is -0.348 e. The number of hydrogen-bond acceptors (Lipinski definition) is 2. The van der Waals surface area contributed by atoms with Gasteiger partial charge in [0.2, 0.25) is 0 Å². The molecule has 5 nitrogen and oxygen atoms in total. The third-order valence-corrected chi connectivity index (χ3v) is 6.12. The minimum atomic E-state index is 0.195. The van der Waals surface area contributed by atoms with Gasteiger partial charge in [-0.15, -0.1) is 0 Å². The van der Waals surface area contributed by atoms with E-state index in [1.54, 1.807) is 0 Å². The normalized spacial score (nSPS) is 19.5. The number of nitrogens with zero attached hydrogens (tertiary/aromatic N) is 3. The summed E-state index contributed by atoms with van der Waals surface area (Å²) in [6.45, 7) is 2.09. The smallest absolute Gasteiger partial charge is 0.255 e.